The molecule has 110 valence electrons. The Bertz CT molecular complexity index is 492. The van der Waals surface area contributed by atoms with Crippen molar-refractivity contribution in [1.29, 1.82) is 0 Å². The number of nitrogens with zero attached hydrogens (tertiary/aromatic N) is 1. The molecule has 20 heavy (non-hydrogen) atoms. The number of carbonyl (C=O) groups excluding carboxylic acids is 1. The quantitative estimate of drug-likeness (QED) is 0.726. The van der Waals surface area contributed by atoms with Crippen LogP contribution in [0.5, 0.6) is 5.88 Å². The molecule has 1 aliphatic heterocycles. The number of methoxy groups -OCH3 is 1. The van der Waals surface area contributed by atoms with E-state index in [1.54, 1.807) is 0 Å². The van der Waals surface area contributed by atoms with E-state index in [4.69, 9.17) is 26.8 Å². The lowest BCUT2D eigenvalue weighted by Crippen LogP contribution is -2.45. The van der Waals surface area contributed by atoms with E-state index in [9.17, 15) is 4.79 Å². The lowest BCUT2D eigenvalue weighted by molar-refractivity contribution is 0.0287. The molecule has 0 bridgehead atoms. The molecule has 1 aliphatic rings. The van der Waals surface area contributed by atoms with Gasteiger partial charge in [0, 0.05) is 19.6 Å². The first-order valence-corrected chi connectivity index (χ1v) is 6.60. The summed E-state index contributed by atoms with van der Waals surface area (Å²) in [6.45, 7) is 2.57. The maximum absolute atomic E-state index is 12.1. The Balaban J connectivity index is 2.02. The third-order valence-corrected chi connectivity index (χ3v) is 3.20. The van der Waals surface area contributed by atoms with Gasteiger partial charge in [-0.25, -0.2) is 0 Å². The minimum absolute atomic E-state index is 0.0455. The molecule has 1 amide bonds. The van der Waals surface area contributed by atoms with Gasteiger partial charge in [-0.05, 0) is 6.07 Å². The van der Waals surface area contributed by atoms with Gasteiger partial charge in [0.15, 0.2) is 0 Å². The Kier molecular flexibility index (Phi) is 4.99. The molecule has 0 aliphatic carbocycles. The highest BCUT2D eigenvalue weighted by atomic mass is 35.5. The molecule has 8 heteroatoms. The number of amides is 1. The largest absolute Gasteiger partial charge is 0.480 e. The fourth-order valence-corrected chi connectivity index (χ4v) is 2.01. The first-order valence-electron chi connectivity index (χ1n) is 6.22. The standard InChI is InChI=1S/C12H17ClN4O3/c1-19-12-8(4-9(13)10(14)17-12)11(18)16-6-7-5-15-2-3-20-7/h4,7,15H,2-3,5-6H2,1H3,(H2,14,17)(H,16,18). The summed E-state index contributed by atoms with van der Waals surface area (Å²) in [7, 11) is 1.42. The third-order valence-electron chi connectivity index (χ3n) is 2.90. The average Bonchev–Trinajstić information content (AvgIpc) is 2.48. The molecule has 1 aromatic rings. The highest BCUT2D eigenvalue weighted by molar-refractivity contribution is 6.33. The fourth-order valence-electron chi connectivity index (χ4n) is 1.86. The second-order valence-corrected chi connectivity index (χ2v) is 4.73. The number of aromatic nitrogens is 1. The molecule has 0 spiro atoms. The molecule has 7 nitrogen and oxygen atoms in total. The summed E-state index contributed by atoms with van der Waals surface area (Å²) in [4.78, 5) is 16.1. The highest BCUT2D eigenvalue weighted by Gasteiger charge is 2.19. The normalized spacial score (nSPS) is 18.6. The smallest absolute Gasteiger partial charge is 0.256 e. The Morgan fingerprint density at radius 2 is 2.55 bits per heavy atom. The van der Waals surface area contributed by atoms with E-state index in [2.05, 4.69) is 15.6 Å². The maximum Gasteiger partial charge on any atom is 0.256 e. The number of morpholine rings is 1. The Morgan fingerprint density at radius 1 is 1.75 bits per heavy atom. The second kappa shape index (κ2) is 6.74. The molecule has 1 unspecified atom stereocenters. The van der Waals surface area contributed by atoms with Crippen molar-refractivity contribution in [2.45, 2.75) is 6.10 Å². The van der Waals surface area contributed by atoms with Crippen LogP contribution in [0.15, 0.2) is 6.07 Å². The number of pyridine rings is 1. The molecule has 0 aromatic carbocycles. The molecule has 1 aromatic heterocycles. The van der Waals surface area contributed by atoms with Gasteiger partial charge < -0.3 is 25.8 Å². The minimum atomic E-state index is -0.328. The molecular formula is C12H17ClN4O3. The molecule has 2 heterocycles. The lowest BCUT2D eigenvalue weighted by atomic mass is 10.2. The van der Waals surface area contributed by atoms with Crippen molar-refractivity contribution >= 4 is 23.3 Å². The highest BCUT2D eigenvalue weighted by Crippen LogP contribution is 2.24. The van der Waals surface area contributed by atoms with Gasteiger partial charge in [0.05, 0.1) is 24.8 Å². The molecule has 1 fully saturated rings. The number of hydrogen-bond acceptors (Lipinski definition) is 6. The Labute approximate surface area is 121 Å². The van der Waals surface area contributed by atoms with Crippen LogP contribution in [0.2, 0.25) is 5.02 Å². The zero-order valence-electron chi connectivity index (χ0n) is 11.1. The number of anilines is 1. The first kappa shape index (κ1) is 14.8. The van der Waals surface area contributed by atoms with E-state index in [-0.39, 0.29) is 34.3 Å². The van der Waals surface area contributed by atoms with E-state index in [0.29, 0.717) is 19.7 Å². The summed E-state index contributed by atoms with van der Waals surface area (Å²) < 4.78 is 10.5. The summed E-state index contributed by atoms with van der Waals surface area (Å²) in [6, 6.07) is 1.44. The Hall–Kier alpha value is -1.57. The van der Waals surface area contributed by atoms with Crippen LogP contribution >= 0.6 is 11.6 Å². The van der Waals surface area contributed by atoms with Crippen LogP contribution in [0.1, 0.15) is 10.4 Å². The van der Waals surface area contributed by atoms with Crippen LogP contribution in [0.3, 0.4) is 0 Å². The summed E-state index contributed by atoms with van der Waals surface area (Å²) in [5.41, 5.74) is 5.82. The van der Waals surface area contributed by atoms with E-state index in [0.717, 1.165) is 6.54 Å². The van der Waals surface area contributed by atoms with Crippen LogP contribution in [0.25, 0.3) is 0 Å². The number of nitrogens with two attached hydrogens (primary N) is 1. The number of nitrogen functional groups attached to an aromatic ring is 1. The molecular weight excluding hydrogens is 284 g/mol. The zero-order chi connectivity index (χ0) is 14.5. The van der Waals surface area contributed by atoms with Crippen molar-refractivity contribution < 1.29 is 14.3 Å². The summed E-state index contributed by atoms with van der Waals surface area (Å²) in [6.07, 6.45) is -0.0455. The van der Waals surface area contributed by atoms with E-state index >= 15 is 0 Å². The van der Waals surface area contributed by atoms with Gasteiger partial charge in [0.2, 0.25) is 5.88 Å². The van der Waals surface area contributed by atoms with Gasteiger partial charge in [-0.1, -0.05) is 11.6 Å². The number of rotatable bonds is 4. The van der Waals surface area contributed by atoms with Crippen molar-refractivity contribution in [2.24, 2.45) is 0 Å². The maximum atomic E-state index is 12.1. The van der Waals surface area contributed by atoms with Crippen LogP contribution in [-0.2, 0) is 4.74 Å². The third kappa shape index (κ3) is 3.50. The second-order valence-electron chi connectivity index (χ2n) is 4.32. The number of nitrogens with one attached hydrogen (secondary N) is 2. The molecule has 2 rings (SSSR count). The van der Waals surface area contributed by atoms with Crippen molar-refractivity contribution in [3.63, 3.8) is 0 Å². The van der Waals surface area contributed by atoms with Crippen LogP contribution in [-0.4, -0.2) is 50.3 Å². The van der Waals surface area contributed by atoms with Gasteiger partial charge in [0.1, 0.15) is 11.4 Å². The van der Waals surface area contributed by atoms with Gasteiger partial charge in [-0.2, -0.15) is 4.98 Å². The SMILES string of the molecule is COc1nc(N)c(Cl)cc1C(=O)NCC1CNCCO1. The molecule has 0 saturated carbocycles. The summed E-state index contributed by atoms with van der Waals surface area (Å²) in [5, 5.41) is 6.17. The van der Waals surface area contributed by atoms with Crippen molar-refractivity contribution in [1.82, 2.24) is 15.6 Å². The Morgan fingerprint density at radius 3 is 3.20 bits per heavy atom. The number of ether oxygens (including phenoxy) is 2. The van der Waals surface area contributed by atoms with Crippen LogP contribution < -0.4 is 21.1 Å². The van der Waals surface area contributed by atoms with Gasteiger partial charge in [-0.15, -0.1) is 0 Å². The summed E-state index contributed by atoms with van der Waals surface area (Å²) in [5.74, 6) is -0.0580. The van der Waals surface area contributed by atoms with Gasteiger partial charge in [0.25, 0.3) is 5.91 Å². The van der Waals surface area contributed by atoms with Crippen molar-refractivity contribution in [3.05, 3.63) is 16.7 Å². The minimum Gasteiger partial charge on any atom is -0.480 e. The van der Waals surface area contributed by atoms with Crippen LogP contribution in [0.4, 0.5) is 5.82 Å². The van der Waals surface area contributed by atoms with Crippen LogP contribution in [0, 0.1) is 0 Å². The van der Waals surface area contributed by atoms with E-state index in [1.165, 1.54) is 13.2 Å². The van der Waals surface area contributed by atoms with Crippen molar-refractivity contribution in [3.8, 4) is 5.88 Å². The molecule has 0 radical (unpaired) electrons. The van der Waals surface area contributed by atoms with Crippen molar-refractivity contribution in [2.75, 3.05) is 39.1 Å². The molecule has 4 N–H and O–H groups in total. The average molecular weight is 301 g/mol. The van der Waals surface area contributed by atoms with Gasteiger partial charge in [-0.3, -0.25) is 4.79 Å². The van der Waals surface area contributed by atoms with Gasteiger partial charge >= 0.3 is 0 Å². The van der Waals surface area contributed by atoms with E-state index < -0.39 is 0 Å². The predicted molar refractivity (Wildman–Crippen MR) is 75.2 cm³/mol. The van der Waals surface area contributed by atoms with E-state index in [1.807, 2.05) is 0 Å². The lowest BCUT2D eigenvalue weighted by Gasteiger charge is -2.23. The molecule has 1 saturated heterocycles. The number of hydrogen-bond donors (Lipinski definition) is 3. The molecule has 1 atom stereocenters. The summed E-state index contributed by atoms with van der Waals surface area (Å²) >= 11 is 5.88. The zero-order valence-corrected chi connectivity index (χ0v) is 11.9. The predicted octanol–water partition coefficient (Wildman–Crippen LogP) is 0.0440. The monoisotopic (exact) mass is 300 g/mol. The topological polar surface area (TPSA) is 98.5 Å². The number of halogens is 1. The fraction of sp³-hybridized carbons (Fsp3) is 0.500. The first-order chi connectivity index (χ1) is 9.61. The number of carbonyl (C=O) groups is 1.